The van der Waals surface area contributed by atoms with Crippen molar-refractivity contribution in [3.8, 4) is 5.75 Å². The van der Waals surface area contributed by atoms with E-state index in [2.05, 4.69) is 5.32 Å². The predicted octanol–water partition coefficient (Wildman–Crippen LogP) is 5.23. The van der Waals surface area contributed by atoms with Gasteiger partial charge in [-0.3, -0.25) is 4.79 Å². The molecule has 1 fully saturated rings. The van der Waals surface area contributed by atoms with E-state index in [1.165, 1.54) is 24.3 Å². The van der Waals surface area contributed by atoms with Crippen LogP contribution in [-0.2, 0) is 21.6 Å². The number of benzene rings is 3. The lowest BCUT2D eigenvalue weighted by Crippen LogP contribution is -2.44. The summed E-state index contributed by atoms with van der Waals surface area (Å²) in [6, 6.07) is 19.3. The molecule has 1 amide bonds. The third kappa shape index (κ3) is 4.91. The molecule has 0 aromatic heterocycles. The minimum atomic E-state index is -0.781. The number of nitrogens with one attached hydrogen (secondary N) is 1. The molecule has 1 saturated heterocycles. The van der Waals surface area contributed by atoms with Crippen LogP contribution >= 0.6 is 0 Å². The molecular formula is C25H23F2NO3. The minimum Gasteiger partial charge on any atom is -0.489 e. The number of carbonyl (C=O) groups is 1. The average Bonchev–Trinajstić information content (AvgIpc) is 2.80. The van der Waals surface area contributed by atoms with Crippen molar-refractivity contribution in [3.63, 3.8) is 0 Å². The van der Waals surface area contributed by atoms with Crippen LogP contribution in [-0.4, -0.2) is 19.1 Å². The maximum absolute atomic E-state index is 13.4. The highest BCUT2D eigenvalue weighted by Crippen LogP contribution is 2.36. The molecule has 0 bridgehead atoms. The first-order valence-corrected chi connectivity index (χ1v) is 10.2. The number of rotatable bonds is 6. The summed E-state index contributed by atoms with van der Waals surface area (Å²) in [5, 5.41) is 2.99. The van der Waals surface area contributed by atoms with Gasteiger partial charge in [-0.2, -0.15) is 0 Å². The van der Waals surface area contributed by atoms with Crippen LogP contribution in [0, 0.1) is 11.6 Å². The monoisotopic (exact) mass is 423 g/mol. The predicted molar refractivity (Wildman–Crippen MR) is 114 cm³/mol. The van der Waals surface area contributed by atoms with Crippen LogP contribution in [0.25, 0.3) is 0 Å². The third-order valence-corrected chi connectivity index (χ3v) is 5.59. The molecule has 3 aromatic carbocycles. The van der Waals surface area contributed by atoms with E-state index in [4.69, 9.17) is 9.47 Å². The highest BCUT2D eigenvalue weighted by molar-refractivity contribution is 5.99. The smallest absolute Gasteiger partial charge is 0.235 e. The lowest BCUT2D eigenvalue weighted by molar-refractivity contribution is -0.125. The van der Waals surface area contributed by atoms with Gasteiger partial charge in [-0.25, -0.2) is 8.78 Å². The molecule has 4 rings (SSSR count). The number of hydrogen-bond donors (Lipinski definition) is 1. The van der Waals surface area contributed by atoms with Gasteiger partial charge in [-0.15, -0.1) is 0 Å². The van der Waals surface area contributed by atoms with E-state index in [-0.39, 0.29) is 24.1 Å². The van der Waals surface area contributed by atoms with Gasteiger partial charge in [0.2, 0.25) is 5.91 Å². The molecule has 0 spiro atoms. The zero-order valence-corrected chi connectivity index (χ0v) is 16.9. The summed E-state index contributed by atoms with van der Waals surface area (Å²) in [6.45, 7) is 1.21. The zero-order chi connectivity index (χ0) is 21.7. The number of halogens is 2. The van der Waals surface area contributed by atoms with E-state index < -0.39 is 5.41 Å². The molecular weight excluding hydrogens is 400 g/mol. The average molecular weight is 423 g/mol. The van der Waals surface area contributed by atoms with Gasteiger partial charge < -0.3 is 14.8 Å². The van der Waals surface area contributed by atoms with Crippen LogP contribution in [0.5, 0.6) is 5.75 Å². The Hall–Kier alpha value is -3.25. The van der Waals surface area contributed by atoms with E-state index >= 15 is 0 Å². The molecule has 1 aliphatic rings. The van der Waals surface area contributed by atoms with Crippen molar-refractivity contribution in [2.24, 2.45) is 0 Å². The van der Waals surface area contributed by atoms with Gasteiger partial charge in [0.1, 0.15) is 24.0 Å². The molecule has 4 nitrogen and oxygen atoms in total. The topological polar surface area (TPSA) is 47.6 Å². The molecule has 0 atom stereocenters. The Kier molecular flexibility index (Phi) is 6.28. The van der Waals surface area contributed by atoms with E-state index in [1.807, 2.05) is 0 Å². The number of carbonyl (C=O) groups excluding carboxylic acids is 1. The van der Waals surface area contributed by atoms with Crippen LogP contribution in [0.1, 0.15) is 24.0 Å². The van der Waals surface area contributed by atoms with Crippen LogP contribution in [0.3, 0.4) is 0 Å². The van der Waals surface area contributed by atoms with Gasteiger partial charge in [0, 0.05) is 25.0 Å². The summed E-state index contributed by atoms with van der Waals surface area (Å²) < 4.78 is 37.7. The Balaban J connectivity index is 1.49. The molecule has 1 N–H and O–H groups in total. The Morgan fingerprint density at radius 3 is 2.26 bits per heavy atom. The minimum absolute atomic E-state index is 0.155. The summed E-state index contributed by atoms with van der Waals surface area (Å²) >= 11 is 0. The fraction of sp³-hybridized carbons (Fsp3) is 0.240. The number of ether oxygens (including phenoxy) is 2. The molecule has 0 unspecified atom stereocenters. The molecule has 6 heteroatoms. The van der Waals surface area contributed by atoms with Crippen molar-refractivity contribution in [3.05, 3.63) is 95.6 Å². The normalized spacial score (nSPS) is 15.3. The number of anilines is 1. The second-order valence-electron chi connectivity index (χ2n) is 7.60. The first-order chi connectivity index (χ1) is 15.0. The molecule has 0 saturated carbocycles. The van der Waals surface area contributed by atoms with Gasteiger partial charge in [0.25, 0.3) is 0 Å². The summed E-state index contributed by atoms with van der Waals surface area (Å²) in [7, 11) is 0. The Morgan fingerprint density at radius 1 is 0.935 bits per heavy atom. The van der Waals surface area contributed by atoms with Gasteiger partial charge in [-0.05, 0) is 60.4 Å². The fourth-order valence-electron chi connectivity index (χ4n) is 3.80. The van der Waals surface area contributed by atoms with Crippen molar-refractivity contribution in [1.82, 2.24) is 0 Å². The first kappa shape index (κ1) is 21.0. The summed E-state index contributed by atoms with van der Waals surface area (Å²) in [6.07, 6.45) is 1.04. The van der Waals surface area contributed by atoms with Crippen molar-refractivity contribution >= 4 is 11.6 Å². The zero-order valence-electron chi connectivity index (χ0n) is 16.9. The van der Waals surface area contributed by atoms with Gasteiger partial charge in [-0.1, -0.05) is 30.3 Å². The summed E-state index contributed by atoms with van der Waals surface area (Å²) in [4.78, 5) is 13.4. The fourth-order valence-corrected chi connectivity index (χ4v) is 3.80. The van der Waals surface area contributed by atoms with E-state index in [0.717, 1.165) is 11.1 Å². The van der Waals surface area contributed by atoms with E-state index in [0.29, 0.717) is 37.5 Å². The highest BCUT2D eigenvalue weighted by Gasteiger charge is 2.41. The largest absolute Gasteiger partial charge is 0.489 e. The molecule has 31 heavy (non-hydrogen) atoms. The molecule has 1 aliphatic heterocycles. The molecule has 1 heterocycles. The van der Waals surface area contributed by atoms with Gasteiger partial charge in [0.15, 0.2) is 0 Å². The Labute approximate surface area is 179 Å². The second kappa shape index (κ2) is 9.27. The number of hydrogen-bond acceptors (Lipinski definition) is 3. The highest BCUT2D eigenvalue weighted by atomic mass is 19.1. The summed E-state index contributed by atoms with van der Waals surface area (Å²) in [5.41, 5.74) is 1.44. The molecule has 3 aromatic rings. The van der Waals surface area contributed by atoms with Gasteiger partial charge >= 0.3 is 0 Å². The first-order valence-electron chi connectivity index (χ1n) is 10.2. The SMILES string of the molecule is O=C(Nc1cccc(OCc2ccc(F)cc2)c1)C1(c2ccc(F)cc2)CCOCC1. The van der Waals surface area contributed by atoms with Crippen LogP contribution in [0.2, 0.25) is 0 Å². The maximum Gasteiger partial charge on any atom is 0.235 e. The van der Waals surface area contributed by atoms with Crippen LogP contribution in [0.4, 0.5) is 14.5 Å². The number of amides is 1. The molecule has 0 aliphatic carbocycles. The molecule has 160 valence electrons. The van der Waals surface area contributed by atoms with E-state index in [1.54, 1.807) is 48.5 Å². The van der Waals surface area contributed by atoms with Crippen molar-refractivity contribution in [2.45, 2.75) is 24.9 Å². The molecule has 0 radical (unpaired) electrons. The maximum atomic E-state index is 13.4. The van der Waals surface area contributed by atoms with E-state index in [9.17, 15) is 13.6 Å². The quantitative estimate of drug-likeness (QED) is 0.591. The Morgan fingerprint density at radius 2 is 1.58 bits per heavy atom. The second-order valence-corrected chi connectivity index (χ2v) is 7.60. The van der Waals surface area contributed by atoms with Crippen molar-refractivity contribution in [1.29, 1.82) is 0 Å². The lowest BCUT2D eigenvalue weighted by Gasteiger charge is -2.36. The lowest BCUT2D eigenvalue weighted by atomic mass is 9.73. The summed E-state index contributed by atoms with van der Waals surface area (Å²) in [5.74, 6) is -0.197. The van der Waals surface area contributed by atoms with Crippen LogP contribution < -0.4 is 10.1 Å². The van der Waals surface area contributed by atoms with Crippen molar-refractivity contribution in [2.75, 3.05) is 18.5 Å². The standard InChI is InChI=1S/C25H23F2NO3/c26-20-8-4-18(5-9-20)17-31-23-3-1-2-22(16-23)28-24(29)25(12-14-30-15-13-25)19-6-10-21(27)11-7-19/h1-11,16H,12-15,17H2,(H,28,29). The Bertz CT molecular complexity index is 1030. The van der Waals surface area contributed by atoms with Gasteiger partial charge in [0.05, 0.1) is 5.41 Å². The van der Waals surface area contributed by atoms with Crippen LogP contribution in [0.15, 0.2) is 72.8 Å². The third-order valence-electron chi connectivity index (χ3n) is 5.59. The van der Waals surface area contributed by atoms with Crippen molar-refractivity contribution < 1.29 is 23.0 Å².